The fraction of sp³-hybridized carbons (Fsp3) is 0.167. The van der Waals surface area contributed by atoms with Gasteiger partial charge in [-0.3, -0.25) is 4.68 Å². The zero-order valence-corrected chi connectivity index (χ0v) is 16.3. The molecule has 0 spiro atoms. The normalized spacial score (nSPS) is 10.9. The largest absolute Gasteiger partial charge is 0.497 e. The topological polar surface area (TPSA) is 65.1 Å². The Morgan fingerprint density at radius 1 is 1.07 bits per heavy atom. The van der Waals surface area contributed by atoms with Gasteiger partial charge in [0.25, 0.3) is 0 Å². The van der Waals surface area contributed by atoms with Gasteiger partial charge in [0.2, 0.25) is 0 Å². The maximum Gasteiger partial charge on any atom is 0.149 e. The Morgan fingerprint density at radius 3 is 2.26 bits per heavy atom. The van der Waals surface area contributed by atoms with Gasteiger partial charge in [-0.05, 0) is 19.1 Å². The molecule has 0 aliphatic rings. The summed E-state index contributed by atoms with van der Waals surface area (Å²) in [5, 5.41) is 7.02. The van der Waals surface area contributed by atoms with Crippen LogP contribution >= 0.6 is 15.9 Å². The Kier molecular flexibility index (Phi) is 5.05. The lowest BCUT2D eigenvalue weighted by Crippen LogP contribution is -2.05. The molecule has 3 aromatic rings. The van der Waals surface area contributed by atoms with Crippen LogP contribution in [0.25, 0.3) is 11.1 Å². The van der Waals surface area contributed by atoms with Crippen molar-refractivity contribution < 1.29 is 17.9 Å². The molecule has 0 aliphatic heterocycles. The minimum Gasteiger partial charge on any atom is -0.497 e. The summed E-state index contributed by atoms with van der Waals surface area (Å²) < 4.78 is 50.3. The van der Waals surface area contributed by atoms with Crippen LogP contribution in [0.3, 0.4) is 0 Å². The number of anilines is 3. The number of hydrogen-bond acceptors (Lipinski definition) is 4. The molecule has 0 saturated carbocycles. The van der Waals surface area contributed by atoms with E-state index in [9.17, 15) is 13.2 Å². The Bertz CT molecular complexity index is 990. The molecule has 3 rings (SSSR count). The van der Waals surface area contributed by atoms with E-state index in [1.165, 1.54) is 23.9 Å². The molecule has 0 saturated heterocycles. The molecular formula is C18H16BrF3N4O. The van der Waals surface area contributed by atoms with E-state index in [1.54, 1.807) is 14.0 Å². The first kappa shape index (κ1) is 19.1. The molecule has 27 heavy (non-hydrogen) atoms. The Labute approximate surface area is 162 Å². The summed E-state index contributed by atoms with van der Waals surface area (Å²) in [7, 11) is 2.89. The van der Waals surface area contributed by atoms with E-state index in [2.05, 4.69) is 26.3 Å². The maximum atomic E-state index is 14.6. The minimum absolute atomic E-state index is 0.0169. The molecule has 142 valence electrons. The summed E-state index contributed by atoms with van der Waals surface area (Å²) in [5.41, 5.74) is 6.23. The Morgan fingerprint density at radius 2 is 1.70 bits per heavy atom. The van der Waals surface area contributed by atoms with Gasteiger partial charge in [-0.25, -0.2) is 13.2 Å². The molecule has 0 bridgehead atoms. The van der Waals surface area contributed by atoms with E-state index in [-0.39, 0.29) is 34.1 Å². The van der Waals surface area contributed by atoms with Crippen molar-refractivity contribution in [3.63, 3.8) is 0 Å². The number of halogens is 4. The van der Waals surface area contributed by atoms with Crippen molar-refractivity contribution in [2.75, 3.05) is 18.2 Å². The van der Waals surface area contributed by atoms with Crippen molar-refractivity contribution in [1.82, 2.24) is 9.78 Å². The SMILES string of the molecule is COc1cc(F)c(-c2c(C)nn(C)c2Nc2c(N)cc(Br)cc2F)c(F)c1. The van der Waals surface area contributed by atoms with Crippen molar-refractivity contribution in [2.45, 2.75) is 6.92 Å². The zero-order chi connectivity index (χ0) is 19.9. The van der Waals surface area contributed by atoms with Gasteiger partial charge in [0.1, 0.15) is 29.0 Å². The fourth-order valence-corrected chi connectivity index (χ4v) is 3.30. The summed E-state index contributed by atoms with van der Waals surface area (Å²) in [4.78, 5) is 0. The molecular weight excluding hydrogens is 425 g/mol. The van der Waals surface area contributed by atoms with Crippen LogP contribution in [-0.2, 0) is 7.05 Å². The fourth-order valence-electron chi connectivity index (χ4n) is 2.85. The molecule has 5 nitrogen and oxygen atoms in total. The predicted molar refractivity (Wildman–Crippen MR) is 102 cm³/mol. The van der Waals surface area contributed by atoms with Gasteiger partial charge in [0.05, 0.1) is 35.3 Å². The number of nitrogens with zero attached hydrogens (tertiary/aromatic N) is 2. The zero-order valence-electron chi connectivity index (χ0n) is 14.7. The number of nitrogens with two attached hydrogens (primary N) is 1. The van der Waals surface area contributed by atoms with Gasteiger partial charge in [-0.1, -0.05) is 15.9 Å². The van der Waals surface area contributed by atoms with E-state index in [4.69, 9.17) is 10.5 Å². The highest BCUT2D eigenvalue weighted by molar-refractivity contribution is 9.10. The number of aromatic nitrogens is 2. The lowest BCUT2D eigenvalue weighted by Gasteiger charge is -2.14. The average Bonchev–Trinajstić information content (AvgIpc) is 2.84. The van der Waals surface area contributed by atoms with Crippen LogP contribution in [0.4, 0.5) is 30.4 Å². The number of rotatable bonds is 4. The van der Waals surface area contributed by atoms with Gasteiger partial charge in [0, 0.05) is 23.7 Å². The van der Waals surface area contributed by atoms with Gasteiger partial charge in [0.15, 0.2) is 0 Å². The predicted octanol–water partition coefficient (Wildman–Crippen LogP) is 4.91. The van der Waals surface area contributed by atoms with Gasteiger partial charge < -0.3 is 15.8 Å². The number of aryl methyl sites for hydroxylation is 2. The third kappa shape index (κ3) is 3.46. The maximum absolute atomic E-state index is 14.6. The molecule has 2 aromatic carbocycles. The minimum atomic E-state index is -0.824. The molecule has 0 atom stereocenters. The van der Waals surface area contributed by atoms with Gasteiger partial charge in [-0.15, -0.1) is 0 Å². The Balaban J connectivity index is 2.19. The first-order chi connectivity index (χ1) is 12.7. The van der Waals surface area contributed by atoms with Crippen molar-refractivity contribution >= 4 is 33.1 Å². The molecule has 1 aromatic heterocycles. The van der Waals surface area contributed by atoms with E-state index < -0.39 is 17.5 Å². The summed E-state index contributed by atoms with van der Waals surface area (Å²) in [6, 6.07) is 4.89. The summed E-state index contributed by atoms with van der Waals surface area (Å²) in [6.07, 6.45) is 0. The monoisotopic (exact) mass is 440 g/mol. The lowest BCUT2D eigenvalue weighted by atomic mass is 10.0. The first-order valence-electron chi connectivity index (χ1n) is 7.81. The Hall–Kier alpha value is -2.68. The standard InChI is InChI=1S/C18H16BrF3N4O/c1-8-15(16-11(20)6-10(27-3)7-12(16)21)18(26(2)25-8)24-17-13(22)4-9(19)5-14(17)23/h4-7,24H,23H2,1-3H3. The molecule has 0 unspecified atom stereocenters. The van der Waals surface area contributed by atoms with Crippen LogP contribution in [0.1, 0.15) is 5.69 Å². The van der Waals surface area contributed by atoms with Crippen LogP contribution < -0.4 is 15.8 Å². The quantitative estimate of drug-likeness (QED) is 0.565. The summed E-state index contributed by atoms with van der Waals surface area (Å²) in [6.45, 7) is 1.60. The number of hydrogen-bond donors (Lipinski definition) is 2. The van der Waals surface area contributed by atoms with Crippen LogP contribution in [0.15, 0.2) is 28.7 Å². The molecule has 9 heteroatoms. The second kappa shape index (κ2) is 7.15. The van der Waals surface area contributed by atoms with Crippen molar-refractivity contribution in [3.8, 4) is 16.9 Å². The second-order valence-electron chi connectivity index (χ2n) is 5.88. The van der Waals surface area contributed by atoms with Crippen molar-refractivity contribution in [3.05, 3.63) is 51.9 Å². The molecule has 0 amide bonds. The number of methoxy groups -OCH3 is 1. The highest BCUT2D eigenvalue weighted by Crippen LogP contribution is 2.39. The van der Waals surface area contributed by atoms with Gasteiger partial charge >= 0.3 is 0 Å². The molecule has 3 N–H and O–H groups in total. The second-order valence-corrected chi connectivity index (χ2v) is 6.79. The van der Waals surface area contributed by atoms with Crippen molar-refractivity contribution in [1.29, 1.82) is 0 Å². The highest BCUT2D eigenvalue weighted by atomic mass is 79.9. The summed E-state index contributed by atoms with van der Waals surface area (Å²) in [5.74, 6) is -2.02. The van der Waals surface area contributed by atoms with E-state index in [1.807, 2.05) is 0 Å². The molecule has 0 aliphatic carbocycles. The lowest BCUT2D eigenvalue weighted by molar-refractivity contribution is 0.407. The van der Waals surface area contributed by atoms with Crippen LogP contribution in [0.5, 0.6) is 5.75 Å². The molecule has 0 radical (unpaired) electrons. The molecule has 1 heterocycles. The number of benzene rings is 2. The van der Waals surface area contributed by atoms with Crippen LogP contribution in [0, 0.1) is 24.4 Å². The van der Waals surface area contributed by atoms with Crippen molar-refractivity contribution in [2.24, 2.45) is 7.05 Å². The van der Waals surface area contributed by atoms with Gasteiger partial charge in [-0.2, -0.15) is 5.10 Å². The first-order valence-corrected chi connectivity index (χ1v) is 8.60. The van der Waals surface area contributed by atoms with E-state index in [0.29, 0.717) is 10.2 Å². The highest BCUT2D eigenvalue weighted by Gasteiger charge is 2.24. The number of nitrogen functional groups attached to an aromatic ring is 1. The smallest absolute Gasteiger partial charge is 0.149 e. The van der Waals surface area contributed by atoms with Crippen LogP contribution in [0.2, 0.25) is 0 Å². The third-order valence-corrected chi connectivity index (χ3v) is 4.51. The van der Waals surface area contributed by atoms with E-state index in [0.717, 1.165) is 12.1 Å². The third-order valence-electron chi connectivity index (χ3n) is 4.05. The average molecular weight is 441 g/mol. The number of ether oxygens (including phenoxy) is 1. The molecule has 0 fully saturated rings. The van der Waals surface area contributed by atoms with Crippen LogP contribution in [-0.4, -0.2) is 16.9 Å². The van der Waals surface area contributed by atoms with E-state index >= 15 is 0 Å². The number of nitrogens with one attached hydrogen (secondary N) is 1. The summed E-state index contributed by atoms with van der Waals surface area (Å²) >= 11 is 3.16.